The van der Waals surface area contributed by atoms with Crippen molar-refractivity contribution in [2.45, 2.75) is 96.7 Å². The van der Waals surface area contributed by atoms with Gasteiger partial charge in [0.25, 0.3) is 5.91 Å². The Morgan fingerprint density at radius 3 is 2.32 bits per heavy atom. The van der Waals surface area contributed by atoms with Crippen molar-refractivity contribution in [3.63, 3.8) is 0 Å². The summed E-state index contributed by atoms with van der Waals surface area (Å²) in [5.41, 5.74) is 0.0970. The van der Waals surface area contributed by atoms with E-state index in [9.17, 15) is 14.4 Å². The Morgan fingerprint density at radius 1 is 1.05 bits per heavy atom. The SMILES string of the molecule is COc1ccc(C(=O)N(C[C@@H]2CNC[C@H]2CN(C(=O)CC2(NC(=O)C(C)C)CCCC2)C2CC2)C(C)C)cc1OCCCO. The highest BCUT2D eigenvalue weighted by Gasteiger charge is 2.43. The van der Waals surface area contributed by atoms with Crippen LogP contribution in [0.1, 0.15) is 89.4 Å². The van der Waals surface area contributed by atoms with Crippen LogP contribution >= 0.6 is 0 Å². The topological polar surface area (TPSA) is 120 Å². The second-order valence-electron chi connectivity index (χ2n) is 13.6. The van der Waals surface area contributed by atoms with E-state index in [-0.39, 0.29) is 54.2 Å². The smallest absolute Gasteiger partial charge is 0.254 e. The van der Waals surface area contributed by atoms with Crippen LogP contribution in [0, 0.1) is 17.8 Å². The van der Waals surface area contributed by atoms with Crippen LogP contribution in [0.4, 0.5) is 0 Å². The Balaban J connectivity index is 1.44. The molecule has 0 aromatic heterocycles. The third kappa shape index (κ3) is 8.65. The molecule has 2 aliphatic carbocycles. The lowest BCUT2D eigenvalue weighted by Crippen LogP contribution is -2.52. The Bertz CT molecular complexity index is 1130. The normalized spacial score (nSPS) is 21.0. The Labute approximate surface area is 263 Å². The fraction of sp³-hybridized carbons (Fsp3) is 0.735. The molecule has 10 heteroatoms. The number of hydrogen-bond acceptors (Lipinski definition) is 7. The molecule has 3 N–H and O–H groups in total. The summed E-state index contributed by atoms with van der Waals surface area (Å²) < 4.78 is 11.2. The number of amides is 3. The highest BCUT2D eigenvalue weighted by atomic mass is 16.5. The van der Waals surface area contributed by atoms with Gasteiger partial charge in [-0.3, -0.25) is 14.4 Å². The second kappa shape index (κ2) is 15.4. The largest absolute Gasteiger partial charge is 0.493 e. The molecule has 1 aromatic carbocycles. The Morgan fingerprint density at radius 2 is 1.73 bits per heavy atom. The van der Waals surface area contributed by atoms with E-state index < -0.39 is 5.54 Å². The number of benzene rings is 1. The molecule has 0 spiro atoms. The number of methoxy groups -OCH3 is 1. The number of aliphatic hydroxyl groups is 1. The summed E-state index contributed by atoms with van der Waals surface area (Å²) in [7, 11) is 1.56. The number of rotatable bonds is 16. The number of hydrogen-bond donors (Lipinski definition) is 3. The average Bonchev–Trinajstić information content (AvgIpc) is 3.57. The maximum absolute atomic E-state index is 13.9. The molecule has 2 atom stereocenters. The predicted molar refractivity (Wildman–Crippen MR) is 170 cm³/mol. The minimum Gasteiger partial charge on any atom is -0.493 e. The van der Waals surface area contributed by atoms with Crippen LogP contribution in [0.15, 0.2) is 18.2 Å². The van der Waals surface area contributed by atoms with Gasteiger partial charge in [0, 0.05) is 74.7 Å². The molecule has 246 valence electrons. The van der Waals surface area contributed by atoms with Gasteiger partial charge >= 0.3 is 0 Å². The summed E-state index contributed by atoms with van der Waals surface area (Å²) in [6.45, 7) is 11.1. The second-order valence-corrected chi connectivity index (χ2v) is 13.6. The molecule has 3 fully saturated rings. The maximum atomic E-state index is 13.9. The first-order chi connectivity index (χ1) is 21.1. The molecule has 3 aliphatic rings. The van der Waals surface area contributed by atoms with Gasteiger partial charge in [-0.05, 0) is 69.6 Å². The summed E-state index contributed by atoms with van der Waals surface area (Å²) in [4.78, 5) is 44.4. The van der Waals surface area contributed by atoms with Gasteiger partial charge < -0.3 is 35.0 Å². The molecular formula is C34H54N4O6. The molecule has 1 aromatic rings. The first-order valence-corrected chi connectivity index (χ1v) is 16.6. The Kier molecular flexibility index (Phi) is 11.9. The van der Waals surface area contributed by atoms with Gasteiger partial charge in [-0.1, -0.05) is 26.7 Å². The third-order valence-electron chi connectivity index (χ3n) is 9.47. The number of nitrogens with one attached hydrogen (secondary N) is 2. The molecule has 1 aliphatic heterocycles. The quantitative estimate of drug-likeness (QED) is 0.243. The summed E-state index contributed by atoms with van der Waals surface area (Å²) >= 11 is 0. The van der Waals surface area contributed by atoms with E-state index in [1.54, 1.807) is 25.3 Å². The van der Waals surface area contributed by atoms with Crippen LogP contribution in [0.25, 0.3) is 0 Å². The lowest BCUT2D eigenvalue weighted by Gasteiger charge is -2.36. The van der Waals surface area contributed by atoms with Gasteiger partial charge in [-0.2, -0.15) is 0 Å². The molecule has 0 unspecified atom stereocenters. The summed E-state index contributed by atoms with van der Waals surface area (Å²) in [5, 5.41) is 15.9. The minimum atomic E-state index is -0.432. The zero-order valence-corrected chi connectivity index (χ0v) is 27.4. The lowest BCUT2D eigenvalue weighted by molar-refractivity contribution is -0.135. The van der Waals surface area contributed by atoms with Crippen LogP contribution in [-0.2, 0) is 9.59 Å². The number of nitrogens with zero attached hydrogens (tertiary/aromatic N) is 2. The van der Waals surface area contributed by atoms with E-state index in [1.807, 2.05) is 32.6 Å². The molecule has 4 rings (SSSR count). The predicted octanol–water partition coefficient (Wildman–Crippen LogP) is 3.61. The van der Waals surface area contributed by atoms with Crippen molar-refractivity contribution in [2.75, 3.05) is 46.5 Å². The van der Waals surface area contributed by atoms with Gasteiger partial charge in [-0.25, -0.2) is 0 Å². The van der Waals surface area contributed by atoms with Crippen molar-refractivity contribution in [2.24, 2.45) is 17.8 Å². The number of carbonyl (C=O) groups is 3. The van der Waals surface area contributed by atoms with Gasteiger partial charge in [0.05, 0.1) is 13.7 Å². The van der Waals surface area contributed by atoms with E-state index in [0.717, 1.165) is 51.6 Å². The van der Waals surface area contributed by atoms with Crippen molar-refractivity contribution in [3.05, 3.63) is 23.8 Å². The molecular weight excluding hydrogens is 560 g/mol. The van der Waals surface area contributed by atoms with Crippen molar-refractivity contribution in [3.8, 4) is 11.5 Å². The molecule has 1 saturated heterocycles. The molecule has 44 heavy (non-hydrogen) atoms. The van der Waals surface area contributed by atoms with E-state index in [2.05, 4.69) is 15.5 Å². The molecule has 3 amide bonds. The van der Waals surface area contributed by atoms with Gasteiger partial charge in [0.15, 0.2) is 11.5 Å². The van der Waals surface area contributed by atoms with Crippen LogP contribution in [0.3, 0.4) is 0 Å². The van der Waals surface area contributed by atoms with Crippen LogP contribution in [-0.4, -0.2) is 96.8 Å². The van der Waals surface area contributed by atoms with Crippen molar-refractivity contribution >= 4 is 17.7 Å². The van der Waals surface area contributed by atoms with E-state index >= 15 is 0 Å². The fourth-order valence-electron chi connectivity index (χ4n) is 6.62. The highest BCUT2D eigenvalue weighted by Crippen LogP contribution is 2.37. The first kappa shape index (κ1) is 34.0. The number of aliphatic hydroxyl groups excluding tert-OH is 1. The number of carbonyl (C=O) groups excluding carboxylic acids is 3. The van der Waals surface area contributed by atoms with E-state index in [1.165, 1.54) is 0 Å². The summed E-state index contributed by atoms with van der Waals surface area (Å²) in [6.07, 6.45) is 6.69. The van der Waals surface area contributed by atoms with Crippen LogP contribution < -0.4 is 20.1 Å². The van der Waals surface area contributed by atoms with E-state index in [0.29, 0.717) is 49.6 Å². The van der Waals surface area contributed by atoms with Crippen molar-refractivity contribution < 1.29 is 29.0 Å². The zero-order valence-electron chi connectivity index (χ0n) is 27.4. The standard InChI is InChI=1S/C34H54N4O6/c1-23(2)32(41)36-34(13-6-7-14-34)18-31(40)38(28-10-11-28)22-27-20-35-19-26(27)21-37(24(3)4)33(42)25-9-12-29(43-5)30(17-25)44-16-8-15-39/h9,12,17,23-24,26-28,35,39H,6-8,10-11,13-16,18-22H2,1-5H3,(H,36,41)/t26-,27-/m0/s1. The molecule has 0 radical (unpaired) electrons. The molecule has 10 nitrogen and oxygen atoms in total. The summed E-state index contributed by atoms with van der Waals surface area (Å²) in [6, 6.07) is 5.50. The van der Waals surface area contributed by atoms with Crippen LogP contribution in [0.2, 0.25) is 0 Å². The van der Waals surface area contributed by atoms with Crippen molar-refractivity contribution in [1.29, 1.82) is 0 Å². The molecule has 2 saturated carbocycles. The van der Waals surface area contributed by atoms with Crippen LogP contribution in [0.5, 0.6) is 11.5 Å². The maximum Gasteiger partial charge on any atom is 0.254 e. The summed E-state index contributed by atoms with van der Waals surface area (Å²) in [5.74, 6) is 1.45. The van der Waals surface area contributed by atoms with Gasteiger partial charge in [0.2, 0.25) is 11.8 Å². The molecule has 1 heterocycles. The minimum absolute atomic E-state index is 0.0161. The fourth-order valence-corrected chi connectivity index (χ4v) is 6.62. The Hall–Kier alpha value is -2.85. The lowest BCUT2D eigenvalue weighted by atomic mass is 9.90. The zero-order chi connectivity index (χ0) is 31.9. The van der Waals surface area contributed by atoms with E-state index in [4.69, 9.17) is 14.6 Å². The van der Waals surface area contributed by atoms with Gasteiger partial charge in [0.1, 0.15) is 0 Å². The molecule has 0 bridgehead atoms. The number of ether oxygens (including phenoxy) is 2. The third-order valence-corrected chi connectivity index (χ3v) is 9.47. The highest BCUT2D eigenvalue weighted by molar-refractivity contribution is 5.95. The van der Waals surface area contributed by atoms with Crippen molar-refractivity contribution in [1.82, 2.24) is 20.4 Å². The monoisotopic (exact) mass is 614 g/mol. The average molecular weight is 615 g/mol. The first-order valence-electron chi connectivity index (χ1n) is 16.6. The van der Waals surface area contributed by atoms with Gasteiger partial charge in [-0.15, -0.1) is 0 Å².